The van der Waals surface area contributed by atoms with Crippen molar-refractivity contribution < 1.29 is 9.47 Å². The molecule has 1 atom stereocenters. The summed E-state index contributed by atoms with van der Waals surface area (Å²) in [6.07, 6.45) is 0.769. The van der Waals surface area contributed by atoms with Crippen molar-refractivity contribution in [1.29, 1.82) is 5.26 Å². The van der Waals surface area contributed by atoms with Crippen LogP contribution in [0.1, 0.15) is 23.6 Å². The van der Waals surface area contributed by atoms with Crippen LogP contribution in [0, 0.1) is 11.3 Å². The lowest BCUT2D eigenvalue weighted by molar-refractivity contribution is 0.253. The topological polar surface area (TPSA) is 68.3 Å². The van der Waals surface area contributed by atoms with Gasteiger partial charge in [-0.1, -0.05) is 0 Å². The van der Waals surface area contributed by atoms with Gasteiger partial charge in [-0.25, -0.2) is 0 Å². The standard InChI is InChI=1S/C11H12N2O2.ClH/c1-14-10-5-7(6-12)4-8-9(13)2-3-15-11(8)10;/h4-5,9H,2-3,13H2,1H3;1H/t9-;/m1./s1. The van der Waals surface area contributed by atoms with Gasteiger partial charge in [-0.3, -0.25) is 0 Å². The van der Waals surface area contributed by atoms with E-state index in [1.54, 1.807) is 19.2 Å². The molecule has 0 aliphatic carbocycles. The number of ether oxygens (including phenoxy) is 2. The molecule has 0 fully saturated rings. The quantitative estimate of drug-likeness (QED) is 0.812. The van der Waals surface area contributed by atoms with E-state index in [0.717, 1.165) is 12.0 Å². The molecule has 4 nitrogen and oxygen atoms in total. The third-order valence-electron chi connectivity index (χ3n) is 2.51. The van der Waals surface area contributed by atoms with Crippen molar-refractivity contribution in [3.8, 4) is 17.6 Å². The third-order valence-corrected chi connectivity index (χ3v) is 2.51. The van der Waals surface area contributed by atoms with E-state index in [4.69, 9.17) is 20.5 Å². The van der Waals surface area contributed by atoms with Gasteiger partial charge >= 0.3 is 0 Å². The molecule has 0 unspecified atom stereocenters. The van der Waals surface area contributed by atoms with Crippen molar-refractivity contribution in [2.24, 2.45) is 5.73 Å². The maximum absolute atomic E-state index is 8.86. The average Bonchev–Trinajstić information content (AvgIpc) is 2.28. The number of hydrogen-bond donors (Lipinski definition) is 1. The summed E-state index contributed by atoms with van der Waals surface area (Å²) in [5.74, 6) is 1.26. The molecule has 0 saturated carbocycles. The number of benzene rings is 1. The van der Waals surface area contributed by atoms with Crippen molar-refractivity contribution in [1.82, 2.24) is 0 Å². The summed E-state index contributed by atoms with van der Waals surface area (Å²) < 4.78 is 10.7. The second-order valence-corrected chi connectivity index (χ2v) is 3.45. The lowest BCUT2D eigenvalue weighted by Gasteiger charge is -2.24. The monoisotopic (exact) mass is 240 g/mol. The fraction of sp³-hybridized carbons (Fsp3) is 0.364. The highest BCUT2D eigenvalue weighted by molar-refractivity contribution is 5.85. The summed E-state index contributed by atoms with van der Waals surface area (Å²) in [4.78, 5) is 0. The van der Waals surface area contributed by atoms with Crippen LogP contribution >= 0.6 is 12.4 Å². The van der Waals surface area contributed by atoms with Crippen molar-refractivity contribution >= 4 is 12.4 Å². The number of rotatable bonds is 1. The van der Waals surface area contributed by atoms with Crippen molar-refractivity contribution in [2.45, 2.75) is 12.5 Å². The van der Waals surface area contributed by atoms with E-state index in [2.05, 4.69) is 6.07 Å². The van der Waals surface area contributed by atoms with Crippen LogP contribution in [-0.4, -0.2) is 13.7 Å². The Kier molecular flexibility index (Phi) is 3.99. The highest BCUT2D eigenvalue weighted by Gasteiger charge is 2.22. The minimum Gasteiger partial charge on any atom is -0.493 e. The van der Waals surface area contributed by atoms with E-state index in [0.29, 0.717) is 23.7 Å². The zero-order valence-electron chi connectivity index (χ0n) is 8.90. The van der Waals surface area contributed by atoms with Gasteiger partial charge in [-0.05, 0) is 6.07 Å². The number of nitrogens with two attached hydrogens (primary N) is 1. The number of hydrogen-bond acceptors (Lipinski definition) is 4. The van der Waals surface area contributed by atoms with Gasteiger partial charge in [0.1, 0.15) is 0 Å². The Balaban J connectivity index is 0.00000128. The molecule has 0 spiro atoms. The highest BCUT2D eigenvalue weighted by atomic mass is 35.5. The van der Waals surface area contributed by atoms with Crippen molar-refractivity contribution in [3.63, 3.8) is 0 Å². The van der Waals surface area contributed by atoms with Gasteiger partial charge in [0, 0.05) is 24.1 Å². The van der Waals surface area contributed by atoms with Crippen LogP contribution in [0.3, 0.4) is 0 Å². The van der Waals surface area contributed by atoms with Crippen LogP contribution in [0.2, 0.25) is 0 Å². The first-order valence-electron chi connectivity index (χ1n) is 4.76. The summed E-state index contributed by atoms with van der Waals surface area (Å²) in [5, 5.41) is 8.86. The largest absolute Gasteiger partial charge is 0.493 e. The minimum absolute atomic E-state index is 0. The first-order chi connectivity index (χ1) is 7.26. The maximum Gasteiger partial charge on any atom is 0.165 e. The first kappa shape index (κ1) is 12.6. The predicted octanol–water partition coefficient (Wildman–Crippen LogP) is 1.77. The molecule has 2 N–H and O–H groups in total. The van der Waals surface area contributed by atoms with Crippen LogP contribution in [0.4, 0.5) is 0 Å². The van der Waals surface area contributed by atoms with E-state index in [1.807, 2.05) is 0 Å². The number of methoxy groups -OCH3 is 1. The molecule has 2 rings (SSSR count). The predicted molar refractivity (Wildman–Crippen MR) is 62.0 cm³/mol. The van der Waals surface area contributed by atoms with Crippen LogP contribution in [-0.2, 0) is 0 Å². The number of halogens is 1. The van der Waals surface area contributed by atoms with Gasteiger partial charge in [-0.15, -0.1) is 12.4 Å². The summed E-state index contributed by atoms with van der Waals surface area (Å²) in [5.41, 5.74) is 7.35. The smallest absolute Gasteiger partial charge is 0.165 e. The lowest BCUT2D eigenvalue weighted by atomic mass is 9.99. The number of nitriles is 1. The SMILES string of the molecule is COc1cc(C#N)cc2c1OCC[C@H]2N.Cl. The maximum atomic E-state index is 8.86. The molecule has 1 aromatic carbocycles. The molecule has 0 bridgehead atoms. The Morgan fingerprint density at radius 2 is 2.31 bits per heavy atom. The molecule has 1 aliphatic rings. The molecule has 0 radical (unpaired) electrons. The van der Waals surface area contributed by atoms with Gasteiger partial charge in [-0.2, -0.15) is 5.26 Å². The van der Waals surface area contributed by atoms with E-state index in [1.165, 1.54) is 0 Å². The van der Waals surface area contributed by atoms with Crippen molar-refractivity contribution in [2.75, 3.05) is 13.7 Å². The zero-order chi connectivity index (χ0) is 10.8. The highest BCUT2D eigenvalue weighted by Crippen LogP contribution is 2.39. The minimum atomic E-state index is -0.0732. The fourth-order valence-corrected chi connectivity index (χ4v) is 1.71. The van der Waals surface area contributed by atoms with Crippen LogP contribution < -0.4 is 15.2 Å². The molecule has 1 heterocycles. The zero-order valence-corrected chi connectivity index (χ0v) is 9.71. The van der Waals surface area contributed by atoms with Crippen LogP contribution in [0.15, 0.2) is 12.1 Å². The molecule has 0 saturated heterocycles. The van der Waals surface area contributed by atoms with Crippen molar-refractivity contribution in [3.05, 3.63) is 23.3 Å². The normalized spacial score (nSPS) is 17.4. The van der Waals surface area contributed by atoms with Gasteiger partial charge in [0.25, 0.3) is 0 Å². The molecule has 5 heteroatoms. The Morgan fingerprint density at radius 3 is 2.94 bits per heavy atom. The molecule has 16 heavy (non-hydrogen) atoms. The van der Waals surface area contributed by atoms with E-state index < -0.39 is 0 Å². The summed E-state index contributed by atoms with van der Waals surface area (Å²) in [7, 11) is 1.56. The summed E-state index contributed by atoms with van der Waals surface area (Å²) in [6, 6.07) is 5.44. The van der Waals surface area contributed by atoms with Crippen LogP contribution in [0.5, 0.6) is 11.5 Å². The Hall–Kier alpha value is -1.44. The lowest BCUT2D eigenvalue weighted by Crippen LogP contribution is -2.21. The third kappa shape index (κ3) is 2.06. The Morgan fingerprint density at radius 1 is 1.56 bits per heavy atom. The van der Waals surface area contributed by atoms with E-state index in [-0.39, 0.29) is 18.4 Å². The molecule has 0 amide bonds. The van der Waals surface area contributed by atoms with Gasteiger partial charge in [0.2, 0.25) is 0 Å². The average molecular weight is 241 g/mol. The summed E-state index contributed by atoms with van der Waals surface area (Å²) in [6.45, 7) is 0.594. The van der Waals surface area contributed by atoms with E-state index >= 15 is 0 Å². The second-order valence-electron chi connectivity index (χ2n) is 3.45. The fourth-order valence-electron chi connectivity index (χ4n) is 1.71. The Bertz CT molecular complexity index is 429. The molecule has 0 aromatic heterocycles. The molecular formula is C11H13ClN2O2. The number of nitrogens with zero attached hydrogens (tertiary/aromatic N) is 1. The van der Waals surface area contributed by atoms with Gasteiger partial charge < -0.3 is 15.2 Å². The van der Waals surface area contributed by atoms with Gasteiger partial charge in [0.05, 0.1) is 25.3 Å². The van der Waals surface area contributed by atoms with Crippen LogP contribution in [0.25, 0.3) is 0 Å². The van der Waals surface area contributed by atoms with E-state index in [9.17, 15) is 0 Å². The molecule has 1 aromatic rings. The molecule has 1 aliphatic heterocycles. The van der Waals surface area contributed by atoms with Gasteiger partial charge in [0.15, 0.2) is 11.5 Å². The second kappa shape index (κ2) is 5.06. The molecular weight excluding hydrogens is 228 g/mol. The number of fused-ring (bicyclic) bond motifs is 1. The Labute approximate surface area is 100 Å². The first-order valence-corrected chi connectivity index (χ1v) is 4.76. The molecule has 86 valence electrons. The summed E-state index contributed by atoms with van der Waals surface area (Å²) >= 11 is 0.